The van der Waals surface area contributed by atoms with Crippen LogP contribution in [0.4, 0.5) is 0 Å². The van der Waals surface area contributed by atoms with Crippen molar-refractivity contribution in [2.75, 3.05) is 0 Å². The molecule has 0 aliphatic carbocycles. The smallest absolute Gasteiger partial charge is 0.278 e. The zero-order chi connectivity index (χ0) is 22.0. The molecular weight excluding hydrogens is 426 g/mol. The Morgan fingerprint density at radius 1 is 1.06 bits per heavy atom. The minimum atomic E-state index is 0.0222. The Morgan fingerprint density at radius 2 is 1.77 bits per heavy atom. The molecule has 31 heavy (non-hydrogen) atoms. The standard InChI is InChI=1S/C25H26ClN3OS/c1-17(2)13-14-29-24(30)23-22(21(15-28(23)3)19-7-5-4-6-8-19)27-25(29)31-16-18-9-11-20(26)12-10-18/h4-12,15,17H,13-14,16H2,1-3H3. The highest BCUT2D eigenvalue weighted by Gasteiger charge is 2.19. The van der Waals surface area contributed by atoms with Gasteiger partial charge in [0.25, 0.3) is 5.56 Å². The molecule has 0 unspecified atom stereocenters. The topological polar surface area (TPSA) is 39.8 Å². The van der Waals surface area contributed by atoms with E-state index in [1.807, 2.05) is 64.8 Å². The van der Waals surface area contributed by atoms with Crippen molar-refractivity contribution < 1.29 is 0 Å². The van der Waals surface area contributed by atoms with E-state index in [-0.39, 0.29) is 5.56 Å². The third-order valence-corrected chi connectivity index (χ3v) is 6.64. The van der Waals surface area contributed by atoms with Gasteiger partial charge in [-0.15, -0.1) is 0 Å². The van der Waals surface area contributed by atoms with Crippen molar-refractivity contribution in [3.8, 4) is 11.1 Å². The number of nitrogens with zero attached hydrogens (tertiary/aromatic N) is 3. The number of hydrogen-bond acceptors (Lipinski definition) is 3. The second-order valence-corrected chi connectivity index (χ2v) is 9.54. The lowest BCUT2D eigenvalue weighted by atomic mass is 10.1. The molecule has 0 aliphatic rings. The fourth-order valence-electron chi connectivity index (χ4n) is 3.60. The summed E-state index contributed by atoms with van der Waals surface area (Å²) in [6, 6.07) is 17.9. The van der Waals surface area contributed by atoms with Gasteiger partial charge in [0.05, 0.1) is 0 Å². The van der Waals surface area contributed by atoms with Gasteiger partial charge in [0.2, 0.25) is 0 Å². The van der Waals surface area contributed by atoms with Crippen LogP contribution in [0.1, 0.15) is 25.8 Å². The summed E-state index contributed by atoms with van der Waals surface area (Å²) in [5.41, 5.74) is 4.63. The summed E-state index contributed by atoms with van der Waals surface area (Å²) < 4.78 is 3.75. The minimum absolute atomic E-state index is 0.0222. The molecular formula is C25H26ClN3OS. The minimum Gasteiger partial charge on any atom is -0.344 e. The van der Waals surface area contributed by atoms with Crippen LogP contribution in [0.15, 0.2) is 70.7 Å². The van der Waals surface area contributed by atoms with E-state index in [1.165, 1.54) is 0 Å². The molecule has 2 heterocycles. The predicted molar refractivity (Wildman–Crippen MR) is 131 cm³/mol. The van der Waals surface area contributed by atoms with Crippen LogP contribution in [0.5, 0.6) is 0 Å². The lowest BCUT2D eigenvalue weighted by molar-refractivity contribution is 0.480. The number of aryl methyl sites for hydroxylation is 1. The molecule has 2 aromatic carbocycles. The van der Waals surface area contributed by atoms with Gasteiger partial charge >= 0.3 is 0 Å². The summed E-state index contributed by atoms with van der Waals surface area (Å²) >= 11 is 7.62. The maximum absolute atomic E-state index is 13.6. The van der Waals surface area contributed by atoms with E-state index in [4.69, 9.17) is 16.6 Å². The number of thioether (sulfide) groups is 1. The van der Waals surface area contributed by atoms with Crippen LogP contribution in [-0.2, 0) is 19.3 Å². The van der Waals surface area contributed by atoms with Crippen LogP contribution in [-0.4, -0.2) is 14.1 Å². The Bertz CT molecular complexity index is 1240. The Balaban J connectivity index is 1.81. The normalized spacial score (nSPS) is 11.5. The van der Waals surface area contributed by atoms with E-state index in [0.717, 1.165) is 44.6 Å². The first-order valence-corrected chi connectivity index (χ1v) is 11.8. The summed E-state index contributed by atoms with van der Waals surface area (Å²) in [5.74, 6) is 1.23. The molecule has 160 valence electrons. The Hall–Kier alpha value is -2.50. The van der Waals surface area contributed by atoms with Crippen molar-refractivity contribution in [3.63, 3.8) is 0 Å². The Kier molecular flexibility index (Phi) is 6.54. The summed E-state index contributed by atoms with van der Waals surface area (Å²) in [6.45, 7) is 5.01. The van der Waals surface area contributed by atoms with E-state index in [2.05, 4.69) is 26.0 Å². The molecule has 0 bridgehead atoms. The number of halogens is 1. The van der Waals surface area contributed by atoms with Crippen LogP contribution < -0.4 is 5.56 Å². The maximum atomic E-state index is 13.6. The molecule has 0 fully saturated rings. The maximum Gasteiger partial charge on any atom is 0.278 e. The van der Waals surface area contributed by atoms with E-state index in [0.29, 0.717) is 18.0 Å². The molecule has 0 atom stereocenters. The lowest BCUT2D eigenvalue weighted by Gasteiger charge is -2.14. The van der Waals surface area contributed by atoms with E-state index < -0.39 is 0 Å². The van der Waals surface area contributed by atoms with E-state index in [9.17, 15) is 4.79 Å². The van der Waals surface area contributed by atoms with Gasteiger partial charge in [0.15, 0.2) is 5.16 Å². The monoisotopic (exact) mass is 451 g/mol. The van der Waals surface area contributed by atoms with Crippen LogP contribution in [0.2, 0.25) is 5.02 Å². The second kappa shape index (κ2) is 9.33. The zero-order valence-electron chi connectivity index (χ0n) is 18.0. The molecule has 4 nitrogen and oxygen atoms in total. The quantitative estimate of drug-likeness (QED) is 0.241. The first-order valence-electron chi connectivity index (χ1n) is 10.5. The van der Waals surface area contributed by atoms with Gasteiger partial charge in [0.1, 0.15) is 11.0 Å². The summed E-state index contributed by atoms with van der Waals surface area (Å²) in [5, 5.41) is 1.48. The third kappa shape index (κ3) is 4.73. The number of hydrogen-bond donors (Lipinski definition) is 0. The number of benzene rings is 2. The molecule has 0 spiro atoms. The molecule has 0 saturated heterocycles. The molecule has 0 amide bonds. The van der Waals surface area contributed by atoms with Gasteiger partial charge in [-0.3, -0.25) is 9.36 Å². The van der Waals surface area contributed by atoms with Crippen molar-refractivity contribution in [1.29, 1.82) is 0 Å². The summed E-state index contributed by atoms with van der Waals surface area (Å²) in [7, 11) is 1.92. The van der Waals surface area contributed by atoms with Gasteiger partial charge in [-0.2, -0.15) is 0 Å². The Labute approximate surface area is 191 Å². The van der Waals surface area contributed by atoms with Gasteiger partial charge in [-0.1, -0.05) is 79.7 Å². The molecule has 0 N–H and O–H groups in total. The highest BCUT2D eigenvalue weighted by molar-refractivity contribution is 7.98. The SMILES string of the molecule is CC(C)CCn1c(SCc2ccc(Cl)cc2)nc2c(-c3ccccc3)cn(C)c2c1=O. The van der Waals surface area contributed by atoms with Gasteiger partial charge < -0.3 is 4.57 Å². The predicted octanol–water partition coefficient (Wildman–Crippen LogP) is 6.39. The Morgan fingerprint density at radius 3 is 2.45 bits per heavy atom. The average molecular weight is 452 g/mol. The van der Waals surface area contributed by atoms with Gasteiger partial charge in [-0.05, 0) is 35.6 Å². The molecule has 2 aromatic heterocycles. The summed E-state index contributed by atoms with van der Waals surface area (Å²) in [6.07, 6.45) is 2.94. The van der Waals surface area contributed by atoms with Crippen molar-refractivity contribution in [2.45, 2.75) is 37.7 Å². The van der Waals surface area contributed by atoms with Crippen molar-refractivity contribution in [2.24, 2.45) is 13.0 Å². The van der Waals surface area contributed by atoms with Crippen LogP contribution >= 0.6 is 23.4 Å². The highest BCUT2D eigenvalue weighted by Crippen LogP contribution is 2.30. The average Bonchev–Trinajstić information content (AvgIpc) is 3.09. The zero-order valence-corrected chi connectivity index (χ0v) is 19.6. The van der Waals surface area contributed by atoms with Crippen molar-refractivity contribution in [3.05, 3.63) is 81.7 Å². The van der Waals surface area contributed by atoms with Crippen LogP contribution in [0.3, 0.4) is 0 Å². The first-order chi connectivity index (χ1) is 14.9. The largest absolute Gasteiger partial charge is 0.344 e. The molecule has 0 radical (unpaired) electrons. The number of rotatable bonds is 7. The van der Waals surface area contributed by atoms with Crippen LogP contribution in [0, 0.1) is 5.92 Å². The lowest BCUT2D eigenvalue weighted by Crippen LogP contribution is -2.25. The number of fused-ring (bicyclic) bond motifs is 1. The van der Waals surface area contributed by atoms with E-state index in [1.54, 1.807) is 11.8 Å². The molecule has 4 rings (SSSR count). The molecule has 0 aliphatic heterocycles. The summed E-state index contributed by atoms with van der Waals surface area (Å²) in [4.78, 5) is 18.6. The fraction of sp³-hybridized carbons (Fsp3) is 0.280. The number of aromatic nitrogens is 3. The van der Waals surface area contributed by atoms with Crippen LogP contribution in [0.25, 0.3) is 22.2 Å². The highest BCUT2D eigenvalue weighted by atomic mass is 35.5. The van der Waals surface area contributed by atoms with Crippen molar-refractivity contribution >= 4 is 34.4 Å². The second-order valence-electron chi connectivity index (χ2n) is 8.17. The molecule has 6 heteroatoms. The fourth-order valence-corrected chi connectivity index (χ4v) is 4.70. The van der Waals surface area contributed by atoms with E-state index >= 15 is 0 Å². The third-order valence-electron chi connectivity index (χ3n) is 5.34. The molecule has 0 saturated carbocycles. The van der Waals surface area contributed by atoms with Crippen molar-refractivity contribution in [1.82, 2.24) is 14.1 Å². The van der Waals surface area contributed by atoms with Gasteiger partial charge in [0, 0.05) is 36.1 Å². The first kappa shape index (κ1) is 21.7. The van der Waals surface area contributed by atoms with Gasteiger partial charge in [-0.25, -0.2) is 4.98 Å². The molecule has 4 aromatic rings.